The summed E-state index contributed by atoms with van der Waals surface area (Å²) in [4.78, 5) is 0. The van der Waals surface area contributed by atoms with Gasteiger partial charge in [-0.05, 0) is 30.5 Å². The molecule has 0 saturated carbocycles. The lowest BCUT2D eigenvalue weighted by atomic mass is 9.86. The predicted octanol–water partition coefficient (Wildman–Crippen LogP) is 4.32. The molecule has 0 aliphatic carbocycles. The van der Waals surface area contributed by atoms with Gasteiger partial charge in [-0.1, -0.05) is 54.8 Å². The number of aliphatic hydroxyl groups is 1. The molecule has 0 saturated heterocycles. The molecular formula is C14H21BrO. The molecule has 0 unspecified atom stereocenters. The number of hydrogen-bond donors (Lipinski definition) is 1. The van der Waals surface area contributed by atoms with Crippen molar-refractivity contribution in [3.63, 3.8) is 0 Å². The van der Waals surface area contributed by atoms with Gasteiger partial charge in [0.15, 0.2) is 0 Å². The largest absolute Gasteiger partial charge is 0.390 e. The molecule has 1 N–H and O–H groups in total. The molecular weight excluding hydrogens is 264 g/mol. The summed E-state index contributed by atoms with van der Waals surface area (Å²) in [7, 11) is 0. The second kappa shape index (κ2) is 6.41. The van der Waals surface area contributed by atoms with Gasteiger partial charge in [0, 0.05) is 10.9 Å². The third-order valence-corrected chi connectivity index (χ3v) is 3.35. The van der Waals surface area contributed by atoms with Crippen LogP contribution in [-0.2, 0) is 6.42 Å². The smallest absolute Gasteiger partial charge is 0.0687 e. The van der Waals surface area contributed by atoms with Crippen LogP contribution in [0.5, 0.6) is 0 Å². The Labute approximate surface area is 107 Å². The maximum atomic E-state index is 10.5. The minimum Gasteiger partial charge on any atom is -0.390 e. The molecule has 0 amide bonds. The number of rotatable bonds is 6. The number of halogens is 1. The molecule has 0 aliphatic rings. The average molecular weight is 285 g/mol. The molecule has 1 nitrogen and oxygen atoms in total. The summed E-state index contributed by atoms with van der Waals surface area (Å²) in [6.07, 6.45) is 4.59. The third-order valence-electron chi connectivity index (χ3n) is 2.85. The highest BCUT2D eigenvalue weighted by atomic mass is 79.9. The van der Waals surface area contributed by atoms with Gasteiger partial charge in [-0.15, -0.1) is 0 Å². The Morgan fingerprint density at radius 2 is 1.81 bits per heavy atom. The highest BCUT2D eigenvalue weighted by Gasteiger charge is 2.24. The van der Waals surface area contributed by atoms with Crippen molar-refractivity contribution in [2.24, 2.45) is 0 Å². The van der Waals surface area contributed by atoms with Crippen LogP contribution < -0.4 is 0 Å². The predicted molar refractivity (Wildman–Crippen MR) is 72.6 cm³/mol. The standard InChI is InChI=1S/C14H21BrO/c1-3-8-14(16,9-4-2)11-12-6-5-7-13(15)10-12/h5-7,10,16H,3-4,8-9,11H2,1-2H3. The third kappa shape index (κ3) is 4.26. The molecule has 0 fully saturated rings. The topological polar surface area (TPSA) is 20.2 Å². The Hall–Kier alpha value is -0.340. The van der Waals surface area contributed by atoms with Gasteiger partial charge < -0.3 is 5.11 Å². The van der Waals surface area contributed by atoms with E-state index < -0.39 is 5.60 Å². The van der Waals surface area contributed by atoms with Crippen LogP contribution in [0.25, 0.3) is 0 Å². The van der Waals surface area contributed by atoms with Crippen molar-refractivity contribution in [3.05, 3.63) is 34.3 Å². The van der Waals surface area contributed by atoms with Crippen LogP contribution in [0.1, 0.15) is 45.1 Å². The molecule has 16 heavy (non-hydrogen) atoms. The van der Waals surface area contributed by atoms with Crippen molar-refractivity contribution < 1.29 is 5.11 Å². The minimum absolute atomic E-state index is 0.524. The molecule has 1 aromatic carbocycles. The van der Waals surface area contributed by atoms with Gasteiger partial charge in [0.1, 0.15) is 0 Å². The Morgan fingerprint density at radius 1 is 1.19 bits per heavy atom. The van der Waals surface area contributed by atoms with Crippen molar-refractivity contribution in [2.75, 3.05) is 0 Å². The first-order valence-electron chi connectivity index (χ1n) is 6.06. The summed E-state index contributed by atoms with van der Waals surface area (Å²) < 4.78 is 1.08. The Kier molecular flexibility index (Phi) is 5.50. The lowest BCUT2D eigenvalue weighted by Gasteiger charge is -2.27. The van der Waals surface area contributed by atoms with Gasteiger partial charge in [-0.3, -0.25) is 0 Å². The Balaban J connectivity index is 2.74. The van der Waals surface area contributed by atoms with Crippen LogP contribution in [0.15, 0.2) is 28.7 Å². The van der Waals surface area contributed by atoms with Gasteiger partial charge in [0.2, 0.25) is 0 Å². The molecule has 0 atom stereocenters. The molecule has 0 radical (unpaired) electrons. The summed E-state index contributed by atoms with van der Waals surface area (Å²) in [5, 5.41) is 10.5. The average Bonchev–Trinajstić information content (AvgIpc) is 2.17. The molecule has 90 valence electrons. The van der Waals surface area contributed by atoms with Crippen molar-refractivity contribution in [1.29, 1.82) is 0 Å². The van der Waals surface area contributed by atoms with Crippen molar-refractivity contribution >= 4 is 15.9 Å². The lowest BCUT2D eigenvalue weighted by Crippen LogP contribution is -2.31. The molecule has 0 aliphatic heterocycles. The molecule has 0 heterocycles. The first-order chi connectivity index (χ1) is 7.59. The Bertz CT molecular complexity index is 316. The fourth-order valence-electron chi connectivity index (χ4n) is 2.26. The zero-order valence-electron chi connectivity index (χ0n) is 10.2. The highest BCUT2D eigenvalue weighted by molar-refractivity contribution is 9.10. The van der Waals surface area contributed by atoms with Crippen LogP contribution in [0.3, 0.4) is 0 Å². The summed E-state index contributed by atoms with van der Waals surface area (Å²) >= 11 is 3.47. The maximum Gasteiger partial charge on any atom is 0.0687 e. The monoisotopic (exact) mass is 284 g/mol. The van der Waals surface area contributed by atoms with E-state index in [2.05, 4.69) is 41.9 Å². The Morgan fingerprint density at radius 3 is 2.31 bits per heavy atom. The zero-order chi connectivity index (χ0) is 12.0. The van der Waals surface area contributed by atoms with E-state index in [0.29, 0.717) is 0 Å². The summed E-state index contributed by atoms with van der Waals surface area (Å²) in [6, 6.07) is 8.22. The van der Waals surface area contributed by atoms with E-state index in [1.165, 1.54) is 5.56 Å². The van der Waals surface area contributed by atoms with Crippen LogP contribution >= 0.6 is 15.9 Å². The van der Waals surface area contributed by atoms with Crippen molar-refractivity contribution in [2.45, 2.75) is 51.6 Å². The van der Waals surface area contributed by atoms with Gasteiger partial charge in [-0.2, -0.15) is 0 Å². The number of benzene rings is 1. The molecule has 0 bridgehead atoms. The fraction of sp³-hybridized carbons (Fsp3) is 0.571. The zero-order valence-corrected chi connectivity index (χ0v) is 11.8. The molecule has 1 aromatic rings. The van der Waals surface area contributed by atoms with Crippen molar-refractivity contribution in [1.82, 2.24) is 0 Å². The molecule has 0 aromatic heterocycles. The van der Waals surface area contributed by atoms with Crippen LogP contribution in [0.2, 0.25) is 0 Å². The summed E-state index contributed by atoms with van der Waals surface area (Å²) in [5.74, 6) is 0. The molecule has 2 heteroatoms. The number of hydrogen-bond acceptors (Lipinski definition) is 1. The van der Waals surface area contributed by atoms with E-state index in [1.54, 1.807) is 0 Å². The fourth-order valence-corrected chi connectivity index (χ4v) is 2.71. The first-order valence-corrected chi connectivity index (χ1v) is 6.86. The maximum absolute atomic E-state index is 10.5. The second-order valence-corrected chi connectivity index (χ2v) is 5.45. The van der Waals surface area contributed by atoms with Gasteiger partial charge in [-0.25, -0.2) is 0 Å². The van der Waals surface area contributed by atoms with E-state index in [-0.39, 0.29) is 0 Å². The SMILES string of the molecule is CCCC(O)(CCC)Cc1cccc(Br)c1. The van der Waals surface area contributed by atoms with Gasteiger partial charge in [0.05, 0.1) is 5.60 Å². The van der Waals surface area contributed by atoms with Gasteiger partial charge >= 0.3 is 0 Å². The van der Waals surface area contributed by atoms with Crippen molar-refractivity contribution in [3.8, 4) is 0 Å². The van der Waals surface area contributed by atoms with Gasteiger partial charge in [0.25, 0.3) is 0 Å². The minimum atomic E-state index is -0.524. The van der Waals surface area contributed by atoms with E-state index in [4.69, 9.17) is 0 Å². The first kappa shape index (κ1) is 13.7. The quantitative estimate of drug-likeness (QED) is 0.825. The highest BCUT2D eigenvalue weighted by Crippen LogP contribution is 2.25. The molecule has 0 spiro atoms. The summed E-state index contributed by atoms with van der Waals surface area (Å²) in [5.41, 5.74) is 0.684. The van der Waals surface area contributed by atoms with Crippen LogP contribution in [0.4, 0.5) is 0 Å². The van der Waals surface area contributed by atoms with E-state index in [1.807, 2.05) is 12.1 Å². The lowest BCUT2D eigenvalue weighted by molar-refractivity contribution is 0.0216. The second-order valence-electron chi connectivity index (χ2n) is 4.53. The van der Waals surface area contributed by atoms with E-state index >= 15 is 0 Å². The van der Waals surface area contributed by atoms with E-state index in [9.17, 15) is 5.11 Å². The van der Waals surface area contributed by atoms with E-state index in [0.717, 1.165) is 36.6 Å². The van der Waals surface area contributed by atoms with Crippen LogP contribution in [-0.4, -0.2) is 10.7 Å². The molecule has 1 rings (SSSR count). The van der Waals surface area contributed by atoms with Crippen LogP contribution in [0, 0.1) is 0 Å². The summed E-state index contributed by atoms with van der Waals surface area (Å²) in [6.45, 7) is 4.25. The normalized spacial score (nSPS) is 11.8.